The average molecular weight is 1440 g/mol. The van der Waals surface area contributed by atoms with Crippen molar-refractivity contribution in [2.45, 2.75) is 151 Å². The third-order valence-corrected chi connectivity index (χ3v) is 21.5. The molecule has 6 atom stereocenters. The van der Waals surface area contributed by atoms with E-state index in [1.807, 2.05) is 127 Å². The number of ether oxygens (including phenoxy) is 3. The number of amides is 5. The van der Waals surface area contributed by atoms with Crippen molar-refractivity contribution in [1.29, 1.82) is 0 Å². The first-order chi connectivity index (χ1) is 49.5. The van der Waals surface area contributed by atoms with E-state index in [1.165, 1.54) is 10.5 Å². The van der Waals surface area contributed by atoms with Gasteiger partial charge in [-0.2, -0.15) is 0 Å². The second-order valence-corrected chi connectivity index (χ2v) is 34.4. The molecule has 2 aliphatic rings. The molecule has 8 aromatic carbocycles. The first-order valence-electron chi connectivity index (χ1n) is 35.0. The molecule has 534 valence electrons. The van der Waals surface area contributed by atoms with E-state index in [2.05, 4.69) is 73.8 Å². The predicted molar refractivity (Wildman–Crippen MR) is 407 cm³/mol. The number of carbonyl (C=O) groups excluding carboxylic acids is 7. The zero-order chi connectivity index (χ0) is 73.3. The molecule has 1 fully saturated rings. The number of esters is 2. The smallest absolute Gasteiger partial charge is 0.407 e. The summed E-state index contributed by atoms with van der Waals surface area (Å²) in [4.78, 5) is 108. The highest BCUT2D eigenvalue weighted by Crippen LogP contribution is 2.54. The molecular weight excluding hydrogens is 1350 g/mol. The molecule has 8 aromatic rings. The molecule has 2 heterocycles. The van der Waals surface area contributed by atoms with Crippen molar-refractivity contribution < 1.29 is 47.8 Å². The van der Waals surface area contributed by atoms with Gasteiger partial charge in [0.1, 0.15) is 30.3 Å². The number of carbonyl (C=O) groups is 7. The summed E-state index contributed by atoms with van der Waals surface area (Å²) < 4.78 is 19.5. The summed E-state index contributed by atoms with van der Waals surface area (Å²) in [6, 6.07) is 61.7. The Morgan fingerprint density at radius 2 is 1.09 bits per heavy atom. The summed E-state index contributed by atoms with van der Waals surface area (Å²) in [5.41, 5.74) is 8.95. The monoisotopic (exact) mass is 1440 g/mol. The molecule has 5 amide bonds. The highest BCUT2D eigenvalue weighted by molar-refractivity contribution is 6.76. The van der Waals surface area contributed by atoms with Crippen molar-refractivity contribution in [2.24, 2.45) is 5.73 Å². The lowest BCUT2D eigenvalue weighted by Gasteiger charge is -2.37. The number of fused-ring (bicyclic) bond motifs is 3. The average Bonchev–Trinajstić information content (AvgIpc) is 1.55. The summed E-state index contributed by atoms with van der Waals surface area (Å²) in [7, 11) is -1.68. The number of primary amides is 1. The first-order valence-corrected chi connectivity index (χ1v) is 39.5. The van der Waals surface area contributed by atoms with Crippen LogP contribution in [0.4, 0.5) is 10.5 Å². The van der Waals surface area contributed by atoms with Gasteiger partial charge in [-0.1, -0.05) is 272 Å². The molecule has 103 heavy (non-hydrogen) atoms. The maximum atomic E-state index is 16.4. The number of benzene rings is 8. The largest absolute Gasteiger partial charge is 0.450 e. The lowest BCUT2D eigenvalue weighted by atomic mass is 9.74. The van der Waals surface area contributed by atoms with E-state index in [-0.39, 0.29) is 30.9 Å². The number of nitrogens with one attached hydrogen (secondary N) is 4. The molecule has 0 spiro atoms. The maximum Gasteiger partial charge on any atom is 0.407 e. The van der Waals surface area contributed by atoms with Crippen molar-refractivity contribution >= 4 is 78.6 Å². The number of likely N-dealkylation sites (tertiary alicyclic amines) is 1. The van der Waals surface area contributed by atoms with Gasteiger partial charge in [-0.15, -0.1) is 0 Å². The third-order valence-electron chi connectivity index (χ3n) is 19.2. The van der Waals surface area contributed by atoms with Crippen molar-refractivity contribution in [3.63, 3.8) is 0 Å². The Kier molecular flexibility index (Phi) is 25.1. The Morgan fingerprint density at radius 3 is 1.61 bits per heavy atom. The molecule has 19 heteroatoms. The van der Waals surface area contributed by atoms with Gasteiger partial charge in [0.2, 0.25) is 23.6 Å². The molecule has 0 radical (unpaired) electrons. The molecule has 0 unspecified atom stereocenters. The van der Waals surface area contributed by atoms with Crippen LogP contribution in [0.25, 0.3) is 0 Å². The molecule has 0 bridgehead atoms. The van der Waals surface area contributed by atoms with Gasteiger partial charge in [-0.05, 0) is 94.7 Å². The van der Waals surface area contributed by atoms with Gasteiger partial charge in [-0.3, -0.25) is 24.0 Å². The van der Waals surface area contributed by atoms with Crippen molar-refractivity contribution in [3.05, 3.63) is 302 Å². The fourth-order valence-electron chi connectivity index (χ4n) is 13.9. The maximum absolute atomic E-state index is 16.4. The number of anilines is 1. The van der Waals surface area contributed by atoms with E-state index in [9.17, 15) is 9.59 Å². The number of para-hydroxylation sites is 1. The number of nitrogens with zero attached hydrogens (tertiary/aromatic N) is 1. The van der Waals surface area contributed by atoms with Crippen LogP contribution in [0, 0.1) is 0 Å². The molecule has 0 aromatic heterocycles. The van der Waals surface area contributed by atoms with E-state index in [0.717, 1.165) is 35.2 Å². The summed E-state index contributed by atoms with van der Waals surface area (Å²) in [6.07, 6.45) is 2.77. The second-order valence-electron chi connectivity index (χ2n) is 28.0. The SMILES string of the molecule is CC(C)=CCC/C(C)=C/C[C@]12C[C@@H](C(=O)N[C@@H](CCC(=O)OC(c3ccccc3)(c3ccccc3)c3ccccc3Cl)C(=O)N[C@@H](CCC(N)=O)C(=O)OC(c3ccccc3)(c3ccccc3)c3ccccc3Cl)N(C(=O)[C@H](Cc3ccccc3)NC(=O)OCC[Si](C)(C)C)[C@H]1Nc1ccccc12. The zero-order valence-corrected chi connectivity index (χ0v) is 61.6. The highest BCUT2D eigenvalue weighted by Gasteiger charge is 2.61. The van der Waals surface area contributed by atoms with Gasteiger partial charge in [0.05, 0.1) is 6.61 Å². The van der Waals surface area contributed by atoms with E-state index >= 15 is 24.0 Å². The normalized spacial score (nSPS) is 16.5. The topological polar surface area (TPSA) is 225 Å². The van der Waals surface area contributed by atoms with E-state index in [0.29, 0.717) is 50.9 Å². The molecule has 2 aliphatic heterocycles. The number of rotatable bonds is 31. The predicted octanol–water partition coefficient (Wildman–Crippen LogP) is 15.4. The molecule has 0 saturated carbocycles. The summed E-state index contributed by atoms with van der Waals surface area (Å²) in [6.45, 7) is 12.8. The van der Waals surface area contributed by atoms with Crippen LogP contribution in [0.1, 0.15) is 117 Å². The van der Waals surface area contributed by atoms with Crippen molar-refractivity contribution in [2.75, 3.05) is 11.9 Å². The van der Waals surface area contributed by atoms with Crippen LogP contribution in [0.2, 0.25) is 35.7 Å². The summed E-state index contributed by atoms with van der Waals surface area (Å²) in [5, 5.41) is 13.0. The van der Waals surface area contributed by atoms with Crippen molar-refractivity contribution in [3.8, 4) is 0 Å². The van der Waals surface area contributed by atoms with Gasteiger partial charge >= 0.3 is 18.0 Å². The van der Waals surface area contributed by atoms with Crippen LogP contribution in [0.3, 0.4) is 0 Å². The van der Waals surface area contributed by atoms with E-state index < -0.39 is 116 Å². The molecular formula is C84H90Cl2N6O10Si. The summed E-state index contributed by atoms with van der Waals surface area (Å²) >= 11 is 14.2. The lowest BCUT2D eigenvalue weighted by Crippen LogP contribution is -2.60. The lowest BCUT2D eigenvalue weighted by molar-refractivity contribution is -0.158. The Bertz CT molecular complexity index is 4270. The number of halogens is 2. The first kappa shape index (κ1) is 75.6. The minimum absolute atomic E-state index is 0.00750. The Hall–Kier alpha value is -10.1. The van der Waals surface area contributed by atoms with Crippen LogP contribution in [0.5, 0.6) is 0 Å². The van der Waals surface area contributed by atoms with Crippen LogP contribution >= 0.6 is 23.2 Å². The van der Waals surface area contributed by atoms with Crippen molar-refractivity contribution in [1.82, 2.24) is 20.9 Å². The van der Waals surface area contributed by atoms with Gasteiger partial charge < -0.3 is 46.1 Å². The molecule has 16 nitrogen and oxygen atoms in total. The fourth-order valence-corrected chi connectivity index (χ4v) is 15.2. The molecule has 0 aliphatic carbocycles. The molecule has 1 saturated heterocycles. The number of alkyl carbamates (subject to hydrolysis) is 1. The minimum Gasteiger partial charge on any atom is -0.450 e. The standard InChI is InChI=1S/C84H90Cl2N6O10Si/c1-57(2)29-28-30-58(3)51-52-82-56-73(92(80(82)90-69-46-27-24-43-66(69)82)78(97)72(55-59-31-12-7-13-32-59)91-81(99)100-53-54-103(4,5)6)77(96)88-70(48-50-75(94)101-83(60-33-14-8-15-34-60,61-35-16-9-17-36-61)64-41-22-25-44-67(64)85)76(95)89-71(47-49-74(87)93)79(98)102-84(62-37-18-10-19-38-62,63-39-20-11-21-40-63)65-42-23-26-45-68(65)86/h7-27,29,31-46,51,70-73,80,90H,28,30,47-50,52-56H2,1-6H3,(H2,87,93)(H,88,96)(H,89,95)(H,91,99)/b58-51+/t70-,71-,72-,73-,80+,82+/m0/s1. The second kappa shape index (κ2) is 34.3. The Balaban J connectivity index is 1.08. The van der Waals surface area contributed by atoms with Crippen LogP contribution in [-0.2, 0) is 66.0 Å². The van der Waals surface area contributed by atoms with Crippen LogP contribution < -0.4 is 27.0 Å². The molecule has 6 N–H and O–H groups in total. The number of nitrogens with two attached hydrogens (primary N) is 1. The summed E-state index contributed by atoms with van der Waals surface area (Å²) in [5.74, 6) is -4.98. The fraction of sp³-hybridized carbons (Fsp3) is 0.298. The van der Waals surface area contributed by atoms with Gasteiger partial charge in [-0.25, -0.2) is 9.59 Å². The number of allylic oxidation sites excluding steroid dienone is 4. The number of hydrogen-bond donors (Lipinski definition) is 5. The zero-order valence-electron chi connectivity index (χ0n) is 59.0. The molecule has 10 rings (SSSR count). The Morgan fingerprint density at radius 1 is 0.592 bits per heavy atom. The van der Waals surface area contributed by atoms with Crippen LogP contribution in [-0.4, -0.2) is 91.6 Å². The van der Waals surface area contributed by atoms with Gasteiger partial charge in [0, 0.05) is 81.9 Å². The van der Waals surface area contributed by atoms with E-state index in [4.69, 9.17) is 43.1 Å². The van der Waals surface area contributed by atoms with Gasteiger partial charge in [0.25, 0.3) is 0 Å². The van der Waals surface area contributed by atoms with E-state index in [1.54, 1.807) is 97.1 Å². The van der Waals surface area contributed by atoms with Gasteiger partial charge in [0.15, 0.2) is 11.2 Å². The van der Waals surface area contributed by atoms with Crippen LogP contribution in [0.15, 0.2) is 248 Å². The third kappa shape index (κ3) is 18.1. The number of hydrogen-bond acceptors (Lipinski definition) is 11. The quantitative estimate of drug-likeness (QED) is 0.00903. The Labute approximate surface area is 614 Å². The highest BCUT2D eigenvalue weighted by atomic mass is 35.5. The minimum atomic E-state index is -1.77.